The van der Waals surface area contributed by atoms with Crippen LogP contribution in [0.5, 0.6) is 11.5 Å². The number of benzene rings is 4. The Morgan fingerprint density at radius 1 is 0.605 bits per heavy atom. The van der Waals surface area contributed by atoms with Crippen molar-refractivity contribution in [1.29, 1.82) is 0 Å². The van der Waals surface area contributed by atoms with Crippen molar-refractivity contribution in [3.05, 3.63) is 88.5 Å². The number of hydrogen-bond donors (Lipinski definition) is 2. The van der Waals surface area contributed by atoms with Crippen molar-refractivity contribution in [2.45, 2.75) is 16.7 Å². The lowest BCUT2D eigenvalue weighted by atomic mass is 9.86. The van der Waals surface area contributed by atoms with Crippen LogP contribution >= 0.6 is 0 Å². The fraction of sp³-hybridized carbons (Fsp3) is 0.0714. The SMILES string of the molecule is Cc1ccc(Oc2ccc(N3C(=O)c4ccc5c6c(ccc(c46)C3=O)C(=O)N(C)C5=O)cc2S(=O)(=O)O)c(S(=O)(=O)O)c1. The molecule has 4 aromatic rings. The van der Waals surface area contributed by atoms with Gasteiger partial charge in [0.2, 0.25) is 0 Å². The third-order valence-corrected chi connectivity index (χ3v) is 8.91. The first-order valence-corrected chi connectivity index (χ1v) is 15.2. The van der Waals surface area contributed by atoms with Gasteiger partial charge in [0.25, 0.3) is 43.9 Å². The quantitative estimate of drug-likeness (QED) is 0.245. The van der Waals surface area contributed by atoms with Crippen LogP contribution in [0, 0.1) is 6.92 Å². The number of nitrogens with zero attached hydrogens (tertiary/aromatic N) is 2. The van der Waals surface area contributed by atoms with E-state index in [1.165, 1.54) is 43.4 Å². The number of carbonyl (C=O) groups excluding carboxylic acids is 4. The number of hydrogen-bond acceptors (Lipinski definition) is 9. The molecule has 2 heterocycles. The van der Waals surface area contributed by atoms with Crippen LogP contribution in [0.1, 0.15) is 47.0 Å². The second-order valence-corrected chi connectivity index (χ2v) is 12.6. The maximum Gasteiger partial charge on any atom is 0.298 e. The minimum Gasteiger partial charge on any atom is -0.454 e. The van der Waals surface area contributed by atoms with Gasteiger partial charge in [0, 0.05) is 40.1 Å². The fourth-order valence-corrected chi connectivity index (χ4v) is 6.50. The van der Waals surface area contributed by atoms with Gasteiger partial charge in [-0.2, -0.15) is 16.8 Å². The summed E-state index contributed by atoms with van der Waals surface area (Å²) in [6, 6.07) is 12.0. The lowest BCUT2D eigenvalue weighted by Gasteiger charge is -2.31. The van der Waals surface area contributed by atoms with Gasteiger partial charge in [-0.15, -0.1) is 0 Å². The number of aryl methyl sites for hydroxylation is 1. The maximum absolute atomic E-state index is 13.7. The summed E-state index contributed by atoms with van der Waals surface area (Å²) in [6.45, 7) is 1.55. The second kappa shape index (κ2) is 9.27. The van der Waals surface area contributed by atoms with Crippen molar-refractivity contribution >= 4 is 60.3 Å². The zero-order chi connectivity index (χ0) is 31.2. The second-order valence-electron chi connectivity index (χ2n) is 9.82. The minimum absolute atomic E-state index is 0.0356. The Hall–Kier alpha value is -4.96. The van der Waals surface area contributed by atoms with Crippen molar-refractivity contribution < 1.29 is 49.9 Å². The Bertz CT molecular complexity index is 2150. The summed E-state index contributed by atoms with van der Waals surface area (Å²) in [4.78, 5) is 52.9. The largest absolute Gasteiger partial charge is 0.454 e. The molecule has 0 spiro atoms. The number of anilines is 1. The van der Waals surface area contributed by atoms with Crippen LogP contribution in [-0.2, 0) is 20.2 Å². The molecular formula is C28H18N2O11S2. The highest BCUT2D eigenvalue weighted by Gasteiger charge is 2.39. The van der Waals surface area contributed by atoms with Crippen molar-refractivity contribution in [3.8, 4) is 11.5 Å². The molecule has 218 valence electrons. The van der Waals surface area contributed by atoms with E-state index in [0.29, 0.717) is 10.5 Å². The average molecular weight is 623 g/mol. The van der Waals surface area contributed by atoms with Gasteiger partial charge in [0.15, 0.2) is 0 Å². The Morgan fingerprint density at radius 3 is 1.49 bits per heavy atom. The van der Waals surface area contributed by atoms with Gasteiger partial charge in [-0.25, -0.2) is 4.90 Å². The highest BCUT2D eigenvalue weighted by Crippen LogP contribution is 2.41. The number of ether oxygens (including phenoxy) is 1. The van der Waals surface area contributed by atoms with E-state index in [-0.39, 0.29) is 38.7 Å². The molecular weight excluding hydrogens is 604 g/mol. The lowest BCUT2D eigenvalue weighted by molar-refractivity contribution is 0.0649. The normalized spacial score (nSPS) is 15.0. The van der Waals surface area contributed by atoms with Gasteiger partial charge in [-0.05, 0) is 67.1 Å². The van der Waals surface area contributed by atoms with E-state index in [9.17, 15) is 45.1 Å². The molecule has 0 unspecified atom stereocenters. The standard InChI is InChI=1S/C28H18N2O11S2/c1-13-3-9-19(21(11-13)42(35,36)37)41-20-10-4-14(12-22(20)43(38,39)40)30-27(33)17-7-5-15-23-16(26(32)29(2)25(15)31)6-8-18(24(17)23)28(30)34/h3-12H,1-2H3,(H,35,36,37)(H,38,39,40). The summed E-state index contributed by atoms with van der Waals surface area (Å²) in [5, 5.41) is 0.252. The molecule has 0 bridgehead atoms. The fourth-order valence-electron chi connectivity index (χ4n) is 5.17. The third kappa shape index (κ3) is 4.28. The molecule has 2 N–H and O–H groups in total. The smallest absolute Gasteiger partial charge is 0.298 e. The third-order valence-electron chi connectivity index (χ3n) is 7.16. The Morgan fingerprint density at radius 2 is 1.02 bits per heavy atom. The molecule has 0 fully saturated rings. The summed E-state index contributed by atoms with van der Waals surface area (Å²) in [7, 11) is -8.59. The first kappa shape index (κ1) is 28.2. The number of amides is 4. The molecule has 0 atom stereocenters. The summed E-state index contributed by atoms with van der Waals surface area (Å²) >= 11 is 0. The molecule has 0 aromatic heterocycles. The van der Waals surface area contributed by atoms with Crippen molar-refractivity contribution in [2.75, 3.05) is 11.9 Å². The zero-order valence-electron chi connectivity index (χ0n) is 22.1. The summed E-state index contributed by atoms with van der Waals surface area (Å²) in [6.07, 6.45) is 0. The van der Waals surface area contributed by atoms with E-state index in [4.69, 9.17) is 4.74 Å². The van der Waals surface area contributed by atoms with Gasteiger partial charge < -0.3 is 4.74 Å². The van der Waals surface area contributed by atoms with Crippen LogP contribution in [0.4, 0.5) is 5.69 Å². The molecule has 0 radical (unpaired) electrons. The van der Waals surface area contributed by atoms with Crippen molar-refractivity contribution in [3.63, 3.8) is 0 Å². The van der Waals surface area contributed by atoms with Gasteiger partial charge in [0.1, 0.15) is 21.3 Å². The molecule has 43 heavy (non-hydrogen) atoms. The highest BCUT2D eigenvalue weighted by atomic mass is 32.2. The molecule has 2 aliphatic heterocycles. The van der Waals surface area contributed by atoms with Gasteiger partial charge >= 0.3 is 0 Å². The average Bonchev–Trinajstić information content (AvgIpc) is 2.94. The molecule has 0 aliphatic carbocycles. The molecule has 4 aromatic carbocycles. The molecule has 2 aliphatic rings. The molecule has 0 saturated carbocycles. The maximum atomic E-state index is 13.7. The zero-order valence-corrected chi connectivity index (χ0v) is 23.7. The summed E-state index contributed by atoms with van der Waals surface area (Å²) in [5.41, 5.74) is 0.330. The Kier molecular flexibility index (Phi) is 6.07. The molecule has 13 nitrogen and oxygen atoms in total. The topological polar surface area (TPSA) is 193 Å². The Balaban J connectivity index is 1.48. The molecule has 15 heteroatoms. The monoisotopic (exact) mass is 622 g/mol. The van der Waals surface area contributed by atoms with E-state index in [0.717, 1.165) is 29.2 Å². The predicted octanol–water partition coefficient (Wildman–Crippen LogP) is 3.46. The molecule has 4 amide bonds. The highest BCUT2D eigenvalue weighted by molar-refractivity contribution is 7.86. The Labute approximate surface area is 243 Å². The summed E-state index contributed by atoms with van der Waals surface area (Å²) in [5.74, 6) is -4.05. The van der Waals surface area contributed by atoms with Crippen LogP contribution in [0.15, 0.2) is 70.5 Å². The van der Waals surface area contributed by atoms with E-state index in [2.05, 4.69) is 0 Å². The number of imide groups is 2. The van der Waals surface area contributed by atoms with E-state index < -0.39 is 65.2 Å². The first-order chi connectivity index (χ1) is 20.1. The van der Waals surface area contributed by atoms with Crippen LogP contribution in [-0.4, -0.2) is 61.5 Å². The summed E-state index contributed by atoms with van der Waals surface area (Å²) < 4.78 is 73.6. The van der Waals surface area contributed by atoms with Crippen LogP contribution < -0.4 is 9.64 Å². The predicted molar refractivity (Wildman–Crippen MR) is 149 cm³/mol. The van der Waals surface area contributed by atoms with Crippen LogP contribution in [0.3, 0.4) is 0 Å². The van der Waals surface area contributed by atoms with Gasteiger partial charge in [0.05, 0.1) is 5.69 Å². The lowest BCUT2D eigenvalue weighted by Crippen LogP contribution is -2.42. The number of carbonyl (C=O) groups is 4. The van der Waals surface area contributed by atoms with Crippen LogP contribution in [0.25, 0.3) is 10.8 Å². The van der Waals surface area contributed by atoms with Gasteiger partial charge in [-0.3, -0.25) is 33.2 Å². The first-order valence-electron chi connectivity index (χ1n) is 12.3. The molecule has 0 saturated heterocycles. The van der Waals surface area contributed by atoms with Crippen molar-refractivity contribution in [1.82, 2.24) is 4.90 Å². The number of rotatable bonds is 5. The minimum atomic E-state index is -5.10. The van der Waals surface area contributed by atoms with E-state index in [1.807, 2.05) is 0 Å². The van der Waals surface area contributed by atoms with Gasteiger partial charge in [-0.1, -0.05) is 6.07 Å². The molecule has 6 rings (SSSR count). The van der Waals surface area contributed by atoms with Crippen LogP contribution in [0.2, 0.25) is 0 Å². The van der Waals surface area contributed by atoms with Crippen molar-refractivity contribution in [2.24, 2.45) is 0 Å². The van der Waals surface area contributed by atoms with E-state index in [1.54, 1.807) is 6.92 Å². The van der Waals surface area contributed by atoms with E-state index >= 15 is 0 Å².